The number of piperazine rings is 1. The summed E-state index contributed by atoms with van der Waals surface area (Å²) in [5.41, 5.74) is 6.14. The van der Waals surface area contributed by atoms with Crippen LogP contribution in [0.5, 0.6) is 0 Å². The molecule has 3 N–H and O–H groups in total. The molecule has 0 saturated carbocycles. The largest absolute Gasteiger partial charge is 0.351 e. The zero-order valence-corrected chi connectivity index (χ0v) is 16.3. The van der Waals surface area contributed by atoms with E-state index in [0.29, 0.717) is 24.4 Å². The van der Waals surface area contributed by atoms with Gasteiger partial charge in [-0.15, -0.1) is 0 Å². The number of nitrogens with two attached hydrogens (primary N) is 1. The SMILES string of the molecule is CCCCCC(CCCC(=O)c1ccc(F)cc1)C1CNCCN1C(N)=O. The molecule has 2 atom stereocenters. The second-order valence-corrected chi connectivity index (χ2v) is 7.38. The number of amides is 2. The van der Waals surface area contributed by atoms with Gasteiger partial charge in [-0.1, -0.05) is 26.2 Å². The zero-order valence-electron chi connectivity index (χ0n) is 16.3. The minimum absolute atomic E-state index is 0.0378. The lowest BCUT2D eigenvalue weighted by molar-refractivity contribution is 0.0964. The summed E-state index contributed by atoms with van der Waals surface area (Å²) in [5, 5.41) is 3.37. The molecule has 2 amide bonds. The van der Waals surface area contributed by atoms with Crippen molar-refractivity contribution in [1.82, 2.24) is 10.2 Å². The third-order valence-corrected chi connectivity index (χ3v) is 5.43. The van der Waals surface area contributed by atoms with Gasteiger partial charge >= 0.3 is 6.03 Å². The summed E-state index contributed by atoms with van der Waals surface area (Å²) in [6.45, 7) is 4.34. The molecular formula is C21H32FN3O2. The van der Waals surface area contributed by atoms with E-state index in [9.17, 15) is 14.0 Å². The first-order valence-corrected chi connectivity index (χ1v) is 10.1. The van der Waals surface area contributed by atoms with Crippen LogP contribution in [0.25, 0.3) is 0 Å². The minimum Gasteiger partial charge on any atom is -0.351 e. The Hall–Kier alpha value is -1.95. The lowest BCUT2D eigenvalue weighted by Crippen LogP contribution is -2.58. The van der Waals surface area contributed by atoms with Gasteiger partial charge in [-0.2, -0.15) is 0 Å². The molecule has 1 aromatic rings. The number of carbonyl (C=O) groups is 2. The van der Waals surface area contributed by atoms with Crippen molar-refractivity contribution in [2.45, 2.75) is 57.9 Å². The highest BCUT2D eigenvalue weighted by atomic mass is 19.1. The number of urea groups is 1. The third kappa shape index (κ3) is 6.61. The molecule has 0 spiro atoms. The minimum atomic E-state index is -0.357. The van der Waals surface area contributed by atoms with Crippen molar-refractivity contribution in [3.05, 3.63) is 35.6 Å². The first-order valence-electron chi connectivity index (χ1n) is 10.1. The number of unbranched alkanes of at least 4 members (excludes halogenated alkanes) is 2. The van der Waals surface area contributed by atoms with Gasteiger partial charge in [-0.05, 0) is 49.4 Å². The number of carbonyl (C=O) groups excluding carboxylic acids is 2. The number of nitrogens with one attached hydrogen (secondary N) is 1. The van der Waals surface area contributed by atoms with Gasteiger partial charge in [0.2, 0.25) is 0 Å². The van der Waals surface area contributed by atoms with Gasteiger partial charge in [0.25, 0.3) is 0 Å². The summed E-state index contributed by atoms with van der Waals surface area (Å²) in [7, 11) is 0. The van der Waals surface area contributed by atoms with Crippen LogP contribution in [0, 0.1) is 11.7 Å². The van der Waals surface area contributed by atoms with Crippen LogP contribution in [-0.2, 0) is 0 Å². The number of hydrogen-bond donors (Lipinski definition) is 2. The molecule has 1 aliphatic heterocycles. The van der Waals surface area contributed by atoms with Crippen LogP contribution in [0.1, 0.15) is 62.2 Å². The Morgan fingerprint density at radius 3 is 2.59 bits per heavy atom. The van der Waals surface area contributed by atoms with Crippen molar-refractivity contribution in [3.63, 3.8) is 0 Å². The molecule has 2 rings (SSSR count). The van der Waals surface area contributed by atoms with Crippen molar-refractivity contribution in [1.29, 1.82) is 0 Å². The van der Waals surface area contributed by atoms with Gasteiger partial charge in [-0.25, -0.2) is 9.18 Å². The van der Waals surface area contributed by atoms with E-state index in [1.54, 1.807) is 4.90 Å². The molecule has 1 aromatic carbocycles. The maximum Gasteiger partial charge on any atom is 0.315 e. The lowest BCUT2D eigenvalue weighted by atomic mass is 9.86. The fourth-order valence-electron chi connectivity index (χ4n) is 3.91. The molecule has 1 aliphatic rings. The summed E-state index contributed by atoms with van der Waals surface area (Å²) >= 11 is 0. The second-order valence-electron chi connectivity index (χ2n) is 7.38. The number of rotatable bonds is 10. The molecule has 2 unspecified atom stereocenters. The normalized spacial score (nSPS) is 18.3. The van der Waals surface area contributed by atoms with E-state index in [-0.39, 0.29) is 23.7 Å². The molecule has 0 aliphatic carbocycles. The van der Waals surface area contributed by atoms with Crippen LogP contribution >= 0.6 is 0 Å². The standard InChI is InChI=1S/C21H32FN3O2/c1-2-3-4-6-16(19-15-24-13-14-25(19)21(23)27)7-5-8-20(26)17-9-11-18(22)12-10-17/h9-12,16,19,24H,2-8,13-15H2,1H3,(H2,23,27). The highest BCUT2D eigenvalue weighted by Crippen LogP contribution is 2.25. The Morgan fingerprint density at radius 1 is 1.22 bits per heavy atom. The predicted octanol–water partition coefficient (Wildman–Crippen LogP) is 3.73. The molecule has 0 bridgehead atoms. The number of primary amides is 1. The van der Waals surface area contributed by atoms with Crippen LogP contribution in [0.15, 0.2) is 24.3 Å². The molecule has 27 heavy (non-hydrogen) atoms. The monoisotopic (exact) mass is 377 g/mol. The van der Waals surface area contributed by atoms with Crippen LogP contribution in [0.2, 0.25) is 0 Å². The molecule has 1 saturated heterocycles. The average molecular weight is 378 g/mol. The van der Waals surface area contributed by atoms with E-state index in [0.717, 1.165) is 45.2 Å². The summed E-state index contributed by atoms with van der Waals surface area (Å²) < 4.78 is 13.0. The number of ketones is 1. The topological polar surface area (TPSA) is 75.4 Å². The molecule has 6 heteroatoms. The first kappa shape index (κ1) is 21.4. The Bertz CT molecular complexity index is 606. The van der Waals surface area contributed by atoms with Gasteiger partial charge in [0.15, 0.2) is 5.78 Å². The van der Waals surface area contributed by atoms with Gasteiger partial charge in [0.1, 0.15) is 5.82 Å². The quantitative estimate of drug-likeness (QED) is 0.482. The van der Waals surface area contributed by atoms with E-state index < -0.39 is 0 Å². The van der Waals surface area contributed by atoms with Gasteiger partial charge in [0, 0.05) is 37.7 Å². The van der Waals surface area contributed by atoms with E-state index in [2.05, 4.69) is 12.2 Å². The fourth-order valence-corrected chi connectivity index (χ4v) is 3.91. The highest BCUT2D eigenvalue weighted by molar-refractivity contribution is 5.95. The maximum absolute atomic E-state index is 13.0. The molecule has 1 fully saturated rings. The van der Waals surface area contributed by atoms with Crippen molar-refractivity contribution in [2.75, 3.05) is 19.6 Å². The van der Waals surface area contributed by atoms with Crippen LogP contribution in [0.4, 0.5) is 9.18 Å². The van der Waals surface area contributed by atoms with Gasteiger partial charge in [-0.3, -0.25) is 4.79 Å². The van der Waals surface area contributed by atoms with Gasteiger partial charge in [0.05, 0.1) is 0 Å². The Morgan fingerprint density at radius 2 is 1.93 bits per heavy atom. The van der Waals surface area contributed by atoms with Crippen molar-refractivity contribution in [2.24, 2.45) is 11.7 Å². The Balaban J connectivity index is 1.93. The predicted molar refractivity (Wildman–Crippen MR) is 105 cm³/mol. The summed E-state index contributed by atoms with van der Waals surface area (Å²) in [6.07, 6.45) is 6.56. The van der Waals surface area contributed by atoms with Crippen molar-refractivity contribution in [3.8, 4) is 0 Å². The molecule has 5 nitrogen and oxygen atoms in total. The first-order chi connectivity index (χ1) is 13.0. The molecule has 0 aromatic heterocycles. The number of Topliss-reactive ketones (excluding diaryl/α,β-unsaturated/α-hetero) is 1. The molecule has 1 heterocycles. The molecule has 0 radical (unpaired) electrons. The summed E-state index contributed by atoms with van der Waals surface area (Å²) in [4.78, 5) is 25.9. The summed E-state index contributed by atoms with van der Waals surface area (Å²) in [5.74, 6) is 0.0348. The average Bonchev–Trinajstić information content (AvgIpc) is 2.67. The fraction of sp³-hybridized carbons (Fsp3) is 0.619. The van der Waals surface area contributed by atoms with Crippen LogP contribution in [-0.4, -0.2) is 42.4 Å². The second kappa shape index (κ2) is 11.0. The molecular weight excluding hydrogens is 345 g/mol. The maximum atomic E-state index is 13.0. The number of benzene rings is 1. The zero-order chi connectivity index (χ0) is 19.6. The number of nitrogens with zero attached hydrogens (tertiary/aromatic N) is 1. The van der Waals surface area contributed by atoms with Crippen molar-refractivity contribution >= 4 is 11.8 Å². The van der Waals surface area contributed by atoms with E-state index >= 15 is 0 Å². The summed E-state index contributed by atoms with van der Waals surface area (Å²) in [6, 6.07) is 5.45. The number of hydrogen-bond acceptors (Lipinski definition) is 3. The van der Waals surface area contributed by atoms with Crippen LogP contribution < -0.4 is 11.1 Å². The van der Waals surface area contributed by atoms with E-state index in [1.807, 2.05) is 0 Å². The smallest absolute Gasteiger partial charge is 0.315 e. The molecule has 150 valence electrons. The highest BCUT2D eigenvalue weighted by Gasteiger charge is 2.31. The third-order valence-electron chi connectivity index (χ3n) is 5.43. The Kier molecular flexibility index (Phi) is 8.72. The van der Waals surface area contributed by atoms with E-state index in [1.165, 1.54) is 30.7 Å². The Labute approximate surface area is 161 Å². The lowest BCUT2D eigenvalue weighted by Gasteiger charge is -2.40. The van der Waals surface area contributed by atoms with Crippen LogP contribution in [0.3, 0.4) is 0 Å². The van der Waals surface area contributed by atoms with Crippen molar-refractivity contribution < 1.29 is 14.0 Å². The van der Waals surface area contributed by atoms with E-state index in [4.69, 9.17) is 5.73 Å². The number of halogens is 1. The van der Waals surface area contributed by atoms with Gasteiger partial charge < -0.3 is 16.0 Å².